The highest BCUT2D eigenvalue weighted by Gasteiger charge is 2.36. The molecule has 3 rings (SSSR count). The molecule has 9 nitrogen and oxygen atoms in total. The van der Waals surface area contributed by atoms with Crippen LogP contribution in [0.5, 0.6) is 5.75 Å². The normalized spacial score (nSPS) is 15.0. The third-order valence-electron chi connectivity index (χ3n) is 4.90. The fourth-order valence-corrected chi connectivity index (χ4v) is 3.26. The van der Waals surface area contributed by atoms with Crippen molar-refractivity contribution in [3.63, 3.8) is 0 Å². The predicted octanol–water partition coefficient (Wildman–Crippen LogP) is 2.92. The quantitative estimate of drug-likeness (QED) is 0.423. The van der Waals surface area contributed by atoms with Gasteiger partial charge in [0.2, 0.25) is 0 Å². The van der Waals surface area contributed by atoms with Crippen LogP contribution in [-0.2, 0) is 0 Å². The first kappa shape index (κ1) is 21.2. The summed E-state index contributed by atoms with van der Waals surface area (Å²) < 4.78 is 19.9. The summed E-state index contributed by atoms with van der Waals surface area (Å²) in [6.45, 7) is 1.70. The molecule has 0 radical (unpaired) electrons. The van der Waals surface area contributed by atoms with Crippen molar-refractivity contribution in [3.8, 4) is 5.75 Å². The van der Waals surface area contributed by atoms with Crippen LogP contribution in [0.1, 0.15) is 30.1 Å². The SMILES string of the molecule is COc1cccc(Nc2nc(N[C@H](C3CC3)[C@H](C)NC(=O)O)c(F)cc2C(N)=O)c1. The minimum atomic E-state index is -1.16. The van der Waals surface area contributed by atoms with Gasteiger partial charge in [-0.1, -0.05) is 6.07 Å². The number of hydrogen-bond donors (Lipinski definition) is 5. The van der Waals surface area contributed by atoms with Gasteiger partial charge in [0.1, 0.15) is 11.6 Å². The van der Waals surface area contributed by atoms with Crippen molar-refractivity contribution in [3.05, 3.63) is 41.7 Å². The van der Waals surface area contributed by atoms with E-state index in [-0.39, 0.29) is 29.2 Å². The first-order valence-corrected chi connectivity index (χ1v) is 9.46. The van der Waals surface area contributed by atoms with Crippen molar-refractivity contribution >= 4 is 29.3 Å². The summed E-state index contributed by atoms with van der Waals surface area (Å²) in [6, 6.07) is 7.11. The summed E-state index contributed by atoms with van der Waals surface area (Å²) in [5, 5.41) is 17.4. The molecule has 1 heterocycles. The van der Waals surface area contributed by atoms with E-state index in [1.165, 1.54) is 7.11 Å². The Labute approximate surface area is 172 Å². The summed E-state index contributed by atoms with van der Waals surface area (Å²) in [6.07, 6.45) is 0.645. The number of carbonyl (C=O) groups is 2. The predicted molar refractivity (Wildman–Crippen MR) is 110 cm³/mol. The Hall–Kier alpha value is -3.56. The van der Waals surface area contributed by atoms with Gasteiger partial charge in [-0.2, -0.15) is 0 Å². The number of anilines is 3. The van der Waals surface area contributed by atoms with Gasteiger partial charge in [-0.25, -0.2) is 14.2 Å². The van der Waals surface area contributed by atoms with Gasteiger partial charge in [0, 0.05) is 17.8 Å². The minimum absolute atomic E-state index is 0.0769. The van der Waals surface area contributed by atoms with E-state index < -0.39 is 23.9 Å². The Bertz CT molecular complexity index is 951. The molecule has 10 heteroatoms. The number of amides is 2. The molecule has 2 aromatic rings. The number of aromatic nitrogens is 1. The van der Waals surface area contributed by atoms with Gasteiger partial charge in [0.25, 0.3) is 5.91 Å². The molecular formula is C20H24FN5O4. The van der Waals surface area contributed by atoms with Crippen molar-refractivity contribution in [2.45, 2.75) is 31.8 Å². The van der Waals surface area contributed by atoms with Crippen molar-refractivity contribution < 1.29 is 23.8 Å². The molecule has 1 saturated carbocycles. The Morgan fingerprint density at radius 2 is 2.03 bits per heavy atom. The van der Waals surface area contributed by atoms with E-state index in [4.69, 9.17) is 15.6 Å². The third kappa shape index (κ3) is 5.07. The first-order valence-electron chi connectivity index (χ1n) is 9.46. The highest BCUT2D eigenvalue weighted by atomic mass is 19.1. The fourth-order valence-electron chi connectivity index (χ4n) is 3.26. The second-order valence-corrected chi connectivity index (χ2v) is 7.18. The Balaban J connectivity index is 1.92. The number of methoxy groups -OCH3 is 1. The molecule has 1 aromatic heterocycles. The second kappa shape index (κ2) is 8.85. The fraction of sp³-hybridized carbons (Fsp3) is 0.350. The lowest BCUT2D eigenvalue weighted by molar-refractivity contribution is 0.100. The first-order chi connectivity index (χ1) is 14.3. The minimum Gasteiger partial charge on any atom is -0.497 e. The zero-order chi connectivity index (χ0) is 21.8. The molecule has 0 aliphatic heterocycles. The largest absolute Gasteiger partial charge is 0.497 e. The highest BCUT2D eigenvalue weighted by Crippen LogP contribution is 2.36. The number of rotatable bonds is 9. The average molecular weight is 417 g/mol. The Morgan fingerprint density at radius 3 is 2.63 bits per heavy atom. The monoisotopic (exact) mass is 417 g/mol. The van der Waals surface area contributed by atoms with E-state index in [1.54, 1.807) is 31.2 Å². The maximum absolute atomic E-state index is 14.7. The molecule has 30 heavy (non-hydrogen) atoms. The van der Waals surface area contributed by atoms with Crippen LogP contribution in [0.25, 0.3) is 0 Å². The van der Waals surface area contributed by atoms with Crippen LogP contribution < -0.4 is 26.4 Å². The van der Waals surface area contributed by atoms with Crippen molar-refractivity contribution in [2.24, 2.45) is 11.7 Å². The number of benzene rings is 1. The number of pyridine rings is 1. The van der Waals surface area contributed by atoms with Crippen molar-refractivity contribution in [2.75, 3.05) is 17.7 Å². The second-order valence-electron chi connectivity index (χ2n) is 7.18. The van der Waals surface area contributed by atoms with Crippen LogP contribution in [0.15, 0.2) is 30.3 Å². The van der Waals surface area contributed by atoms with Gasteiger partial charge in [-0.15, -0.1) is 0 Å². The smallest absolute Gasteiger partial charge is 0.404 e. The summed E-state index contributed by atoms with van der Waals surface area (Å²) >= 11 is 0. The molecule has 2 atom stereocenters. The van der Waals surface area contributed by atoms with Crippen LogP contribution >= 0.6 is 0 Å². The molecule has 2 amide bonds. The number of nitrogens with zero attached hydrogens (tertiary/aromatic N) is 1. The Morgan fingerprint density at radius 1 is 1.30 bits per heavy atom. The van der Waals surface area contributed by atoms with Crippen LogP contribution in [-0.4, -0.2) is 41.3 Å². The molecule has 1 aliphatic carbocycles. The summed E-state index contributed by atoms with van der Waals surface area (Å²) in [4.78, 5) is 27.1. The molecule has 160 valence electrons. The van der Waals surface area contributed by atoms with Crippen LogP contribution in [0.2, 0.25) is 0 Å². The summed E-state index contributed by atoms with van der Waals surface area (Å²) in [5.74, 6) is -0.831. The molecule has 0 saturated heterocycles. The van der Waals surface area contributed by atoms with Crippen LogP contribution in [0.3, 0.4) is 0 Å². The van der Waals surface area contributed by atoms with E-state index in [0.717, 1.165) is 18.9 Å². The van der Waals surface area contributed by atoms with E-state index in [2.05, 4.69) is 20.9 Å². The number of ether oxygens (including phenoxy) is 1. The lowest BCUT2D eigenvalue weighted by Gasteiger charge is -2.26. The van der Waals surface area contributed by atoms with Gasteiger partial charge in [0.15, 0.2) is 11.6 Å². The van der Waals surface area contributed by atoms with Crippen molar-refractivity contribution in [1.82, 2.24) is 10.3 Å². The molecule has 1 aliphatic rings. The molecule has 1 aromatic carbocycles. The van der Waals surface area contributed by atoms with E-state index in [9.17, 15) is 14.0 Å². The molecule has 0 bridgehead atoms. The molecule has 6 N–H and O–H groups in total. The number of carboxylic acid groups (broad SMARTS) is 1. The maximum atomic E-state index is 14.7. The van der Waals surface area contributed by atoms with E-state index >= 15 is 0 Å². The number of nitrogens with two attached hydrogens (primary N) is 1. The zero-order valence-corrected chi connectivity index (χ0v) is 16.6. The number of halogens is 1. The third-order valence-corrected chi connectivity index (χ3v) is 4.90. The molecule has 1 fully saturated rings. The number of hydrogen-bond acceptors (Lipinski definition) is 6. The Kier molecular flexibility index (Phi) is 6.24. The lowest BCUT2D eigenvalue weighted by atomic mass is 10.0. The van der Waals surface area contributed by atoms with Gasteiger partial charge in [-0.3, -0.25) is 4.79 Å². The van der Waals surface area contributed by atoms with Crippen LogP contribution in [0.4, 0.5) is 26.5 Å². The summed E-state index contributed by atoms with van der Waals surface area (Å²) in [7, 11) is 1.52. The standard InChI is InChI=1S/C20H24FN5O4/c1-10(23-20(28)29)16(11-6-7-11)25-19-15(21)9-14(17(22)27)18(26-19)24-12-4-3-5-13(8-12)30-2/h3-5,8-11,16,23H,6-7H2,1-2H3,(H2,22,27)(H,28,29)(H2,24,25,26)/t10-,16-/m0/s1. The van der Waals surface area contributed by atoms with Gasteiger partial charge in [0.05, 0.1) is 18.7 Å². The number of nitrogens with one attached hydrogen (secondary N) is 3. The molecular weight excluding hydrogens is 393 g/mol. The van der Waals surface area contributed by atoms with E-state index in [0.29, 0.717) is 11.4 Å². The number of carbonyl (C=O) groups excluding carboxylic acids is 1. The van der Waals surface area contributed by atoms with Gasteiger partial charge < -0.3 is 31.5 Å². The maximum Gasteiger partial charge on any atom is 0.404 e. The summed E-state index contributed by atoms with van der Waals surface area (Å²) in [5.41, 5.74) is 5.86. The zero-order valence-electron chi connectivity index (χ0n) is 16.6. The highest BCUT2D eigenvalue weighted by molar-refractivity contribution is 5.98. The van der Waals surface area contributed by atoms with Gasteiger partial charge >= 0.3 is 6.09 Å². The molecule has 0 unspecified atom stereocenters. The van der Waals surface area contributed by atoms with Gasteiger partial charge in [-0.05, 0) is 43.9 Å². The topological polar surface area (TPSA) is 139 Å². The lowest BCUT2D eigenvalue weighted by Crippen LogP contribution is -2.45. The van der Waals surface area contributed by atoms with Crippen molar-refractivity contribution in [1.29, 1.82) is 0 Å². The van der Waals surface area contributed by atoms with E-state index in [1.807, 2.05) is 0 Å². The average Bonchev–Trinajstić information content (AvgIpc) is 3.52. The van der Waals surface area contributed by atoms with Crippen LogP contribution in [0, 0.1) is 11.7 Å². The molecule has 0 spiro atoms. The number of primary amides is 1.